The van der Waals surface area contributed by atoms with E-state index in [-0.39, 0.29) is 25.3 Å². The lowest BCUT2D eigenvalue weighted by Crippen LogP contribution is -2.52. The summed E-state index contributed by atoms with van der Waals surface area (Å²) in [5.41, 5.74) is -6.13. The highest BCUT2D eigenvalue weighted by Gasteiger charge is 2.63. The normalized spacial score (nSPS) is 19.6. The number of rotatable bonds is 9. The Morgan fingerprint density at radius 2 is 1.26 bits per heavy atom. The van der Waals surface area contributed by atoms with Crippen molar-refractivity contribution in [1.82, 2.24) is 0 Å². The smallest absolute Gasteiger partial charge is 0.390 e. The molecule has 0 aromatic heterocycles. The van der Waals surface area contributed by atoms with Gasteiger partial charge in [0.05, 0.1) is 5.60 Å². The summed E-state index contributed by atoms with van der Waals surface area (Å²) in [6.07, 6.45) is -7.08. The molecule has 0 aliphatic heterocycles. The van der Waals surface area contributed by atoms with Crippen LogP contribution in [0, 0.1) is 10.8 Å². The molecule has 8 heteroatoms. The Bertz CT molecular complexity index is 531. The van der Waals surface area contributed by atoms with Crippen LogP contribution in [0.3, 0.4) is 0 Å². The fourth-order valence-corrected chi connectivity index (χ4v) is 3.70. The average molecular weight is 408 g/mol. The van der Waals surface area contributed by atoms with Crippen LogP contribution in [-0.2, 0) is 0 Å². The summed E-state index contributed by atoms with van der Waals surface area (Å²) in [6.45, 7) is 9.63. The Kier molecular flexibility index (Phi) is 7.68. The number of alkyl halides is 7. The molecular weight excluding hydrogens is 377 g/mol. The van der Waals surface area contributed by atoms with Gasteiger partial charge in [-0.3, -0.25) is 0 Å². The first-order valence-corrected chi connectivity index (χ1v) is 9.01. The second kappa shape index (κ2) is 7.91. The molecule has 2 atom stereocenters. The minimum atomic E-state index is -5.95. The SMILES string of the molecule is CC/C(=C\C(F)(F)C(C)(CC)C(C)(CC)CC(C)(C)O)C(F)(F)C(F)(F)F. The van der Waals surface area contributed by atoms with Crippen molar-refractivity contribution in [3.63, 3.8) is 0 Å². The third-order valence-corrected chi connectivity index (χ3v) is 5.87. The predicted octanol–water partition coefficient (Wildman–Crippen LogP) is 7.15. The minimum absolute atomic E-state index is 0.0681. The van der Waals surface area contributed by atoms with Gasteiger partial charge < -0.3 is 5.11 Å². The van der Waals surface area contributed by atoms with Crippen molar-refractivity contribution in [1.29, 1.82) is 0 Å². The van der Waals surface area contributed by atoms with E-state index < -0.39 is 46.4 Å². The van der Waals surface area contributed by atoms with E-state index in [1.807, 2.05) is 0 Å². The quantitative estimate of drug-likeness (QED) is 0.317. The molecule has 0 rings (SSSR count). The zero-order valence-corrected chi connectivity index (χ0v) is 17.0. The first-order chi connectivity index (χ1) is 11.7. The fraction of sp³-hybridized carbons (Fsp3) is 0.895. The summed E-state index contributed by atoms with van der Waals surface area (Å²) in [6, 6.07) is 0. The van der Waals surface area contributed by atoms with E-state index in [0.29, 0.717) is 0 Å². The summed E-state index contributed by atoms with van der Waals surface area (Å²) >= 11 is 0. The molecule has 1 nitrogen and oxygen atoms in total. The summed E-state index contributed by atoms with van der Waals surface area (Å²) in [5, 5.41) is 10.1. The molecule has 0 radical (unpaired) electrons. The molecule has 0 bridgehead atoms. The van der Waals surface area contributed by atoms with Gasteiger partial charge in [0.1, 0.15) is 0 Å². The maximum atomic E-state index is 15.2. The van der Waals surface area contributed by atoms with Crippen molar-refractivity contribution >= 4 is 0 Å². The monoisotopic (exact) mass is 408 g/mol. The Balaban J connectivity index is 6.47. The first kappa shape index (κ1) is 26.2. The van der Waals surface area contributed by atoms with E-state index in [0.717, 1.165) is 6.92 Å². The molecule has 0 heterocycles. The Morgan fingerprint density at radius 1 is 0.815 bits per heavy atom. The lowest BCUT2D eigenvalue weighted by Gasteiger charge is -2.51. The average Bonchev–Trinajstić information content (AvgIpc) is 2.48. The van der Waals surface area contributed by atoms with E-state index in [1.54, 1.807) is 6.92 Å². The molecular formula is C19H31F7O. The highest BCUT2D eigenvalue weighted by Crippen LogP contribution is 2.58. The van der Waals surface area contributed by atoms with Crippen molar-refractivity contribution in [2.75, 3.05) is 0 Å². The van der Waals surface area contributed by atoms with E-state index in [2.05, 4.69) is 0 Å². The van der Waals surface area contributed by atoms with Crippen LogP contribution in [0.15, 0.2) is 11.6 Å². The van der Waals surface area contributed by atoms with Gasteiger partial charge in [-0.05, 0) is 51.0 Å². The molecule has 0 aliphatic rings. The van der Waals surface area contributed by atoms with E-state index in [1.165, 1.54) is 34.6 Å². The van der Waals surface area contributed by atoms with Crippen LogP contribution in [0.2, 0.25) is 0 Å². The van der Waals surface area contributed by atoms with Crippen LogP contribution in [-0.4, -0.2) is 28.7 Å². The predicted molar refractivity (Wildman–Crippen MR) is 92.0 cm³/mol. The van der Waals surface area contributed by atoms with Gasteiger partial charge in [0, 0.05) is 11.0 Å². The van der Waals surface area contributed by atoms with Crippen LogP contribution in [0.5, 0.6) is 0 Å². The van der Waals surface area contributed by atoms with E-state index >= 15 is 8.78 Å². The molecule has 0 aliphatic carbocycles. The van der Waals surface area contributed by atoms with Gasteiger partial charge in [0.2, 0.25) is 0 Å². The van der Waals surface area contributed by atoms with Gasteiger partial charge in [-0.2, -0.15) is 22.0 Å². The van der Waals surface area contributed by atoms with Crippen molar-refractivity contribution in [3.05, 3.63) is 11.6 Å². The number of hydrogen-bond acceptors (Lipinski definition) is 1. The lowest BCUT2D eigenvalue weighted by atomic mass is 9.56. The van der Waals surface area contributed by atoms with Crippen molar-refractivity contribution in [2.45, 2.75) is 97.8 Å². The second-order valence-electron chi connectivity index (χ2n) is 8.31. The number of hydrogen-bond donors (Lipinski definition) is 1. The molecule has 27 heavy (non-hydrogen) atoms. The van der Waals surface area contributed by atoms with Gasteiger partial charge in [0.15, 0.2) is 0 Å². The van der Waals surface area contributed by atoms with Crippen LogP contribution in [0.1, 0.15) is 74.1 Å². The highest BCUT2D eigenvalue weighted by molar-refractivity contribution is 5.22. The highest BCUT2D eigenvalue weighted by atomic mass is 19.4. The zero-order valence-electron chi connectivity index (χ0n) is 17.0. The summed E-state index contributed by atoms with van der Waals surface area (Å²) in [7, 11) is 0. The maximum Gasteiger partial charge on any atom is 0.457 e. The van der Waals surface area contributed by atoms with Crippen LogP contribution < -0.4 is 0 Å². The summed E-state index contributed by atoms with van der Waals surface area (Å²) in [5.74, 6) is -9.28. The van der Waals surface area contributed by atoms with Crippen LogP contribution in [0.25, 0.3) is 0 Å². The van der Waals surface area contributed by atoms with Gasteiger partial charge >= 0.3 is 12.1 Å². The number of allylic oxidation sites excluding steroid dienone is 2. The molecule has 2 unspecified atom stereocenters. The largest absolute Gasteiger partial charge is 0.457 e. The molecule has 0 aromatic carbocycles. The van der Waals surface area contributed by atoms with Gasteiger partial charge in [-0.25, -0.2) is 8.78 Å². The van der Waals surface area contributed by atoms with Crippen LogP contribution in [0.4, 0.5) is 30.7 Å². The first-order valence-electron chi connectivity index (χ1n) is 9.01. The fourth-order valence-electron chi connectivity index (χ4n) is 3.70. The standard InChI is InChI=1S/C19H31F7O/c1-8-13(18(22,23)19(24,25)26)11-17(20,21)16(7,10-3)15(6,9-2)12-14(4,5)27/h11,27H,8-10,12H2,1-7H3/b13-11+. The number of aliphatic hydroxyl groups is 1. The Morgan fingerprint density at radius 3 is 1.52 bits per heavy atom. The topological polar surface area (TPSA) is 20.2 Å². The molecule has 0 aromatic rings. The van der Waals surface area contributed by atoms with Crippen molar-refractivity contribution < 1.29 is 35.8 Å². The molecule has 0 amide bonds. The van der Waals surface area contributed by atoms with E-state index in [4.69, 9.17) is 0 Å². The summed E-state index contributed by atoms with van der Waals surface area (Å²) < 4.78 is 95.9. The zero-order chi connectivity index (χ0) is 22.1. The third-order valence-electron chi connectivity index (χ3n) is 5.87. The maximum absolute atomic E-state index is 15.2. The van der Waals surface area contributed by atoms with Crippen molar-refractivity contribution in [2.24, 2.45) is 10.8 Å². The van der Waals surface area contributed by atoms with Gasteiger partial charge in [-0.15, -0.1) is 0 Å². The van der Waals surface area contributed by atoms with Crippen molar-refractivity contribution in [3.8, 4) is 0 Å². The van der Waals surface area contributed by atoms with E-state index in [9.17, 15) is 27.1 Å². The third kappa shape index (κ3) is 5.18. The Hall–Kier alpha value is -0.790. The molecule has 0 saturated heterocycles. The molecule has 162 valence electrons. The lowest BCUT2D eigenvalue weighted by molar-refractivity contribution is -0.266. The van der Waals surface area contributed by atoms with Crippen LogP contribution >= 0.6 is 0 Å². The van der Waals surface area contributed by atoms with Gasteiger partial charge in [0.25, 0.3) is 5.92 Å². The minimum Gasteiger partial charge on any atom is -0.390 e. The second-order valence-corrected chi connectivity index (χ2v) is 8.31. The number of halogens is 7. The van der Waals surface area contributed by atoms with Gasteiger partial charge in [-0.1, -0.05) is 34.6 Å². The molecule has 0 fully saturated rings. The molecule has 0 spiro atoms. The summed E-state index contributed by atoms with van der Waals surface area (Å²) in [4.78, 5) is 0. The molecule has 0 saturated carbocycles. The Labute approximate surface area is 157 Å². The molecule has 1 N–H and O–H groups in total.